The second kappa shape index (κ2) is 8.99. The topological polar surface area (TPSA) is 83.7 Å². The van der Waals surface area contributed by atoms with E-state index in [4.69, 9.17) is 0 Å². The number of nitrogens with one attached hydrogen (secondary N) is 1. The number of rotatable bonds is 5. The molecule has 4 fully saturated rings. The van der Waals surface area contributed by atoms with Crippen molar-refractivity contribution in [2.45, 2.75) is 51.1 Å². The van der Waals surface area contributed by atoms with Gasteiger partial charge in [-0.05, 0) is 86.0 Å². The molecule has 4 saturated carbocycles. The Morgan fingerprint density at radius 3 is 2.29 bits per heavy atom. The highest BCUT2D eigenvalue weighted by atomic mass is 19.4. The molecule has 0 radical (unpaired) electrons. The fraction of sp³-hybridized carbons (Fsp3) is 0.414. The van der Waals surface area contributed by atoms with Crippen LogP contribution in [0.1, 0.15) is 56.1 Å². The summed E-state index contributed by atoms with van der Waals surface area (Å²) in [5.74, 6) is 1.40. The van der Waals surface area contributed by atoms with Crippen LogP contribution in [0.5, 0.6) is 5.88 Å². The van der Waals surface area contributed by atoms with Crippen molar-refractivity contribution in [3.05, 3.63) is 70.0 Å². The maximum atomic E-state index is 13.3. The van der Waals surface area contributed by atoms with Crippen molar-refractivity contribution in [1.29, 1.82) is 0 Å². The van der Waals surface area contributed by atoms with Crippen LogP contribution in [0.25, 0.3) is 16.5 Å². The molecule has 1 amide bonds. The molecule has 198 valence electrons. The van der Waals surface area contributed by atoms with E-state index in [-0.39, 0.29) is 28.0 Å². The van der Waals surface area contributed by atoms with Crippen LogP contribution in [0.3, 0.4) is 0 Å². The predicted molar refractivity (Wildman–Crippen MR) is 137 cm³/mol. The molecule has 7 rings (SSSR count). The smallest absolute Gasteiger partial charge is 0.416 e. The maximum absolute atomic E-state index is 13.3. The molecule has 4 aliphatic carbocycles. The van der Waals surface area contributed by atoms with Gasteiger partial charge in [0.2, 0.25) is 11.8 Å². The molecule has 1 heterocycles. The van der Waals surface area contributed by atoms with Gasteiger partial charge in [0.25, 0.3) is 5.56 Å². The molecule has 38 heavy (non-hydrogen) atoms. The molecule has 3 aromatic rings. The number of alkyl halides is 3. The van der Waals surface area contributed by atoms with Crippen LogP contribution in [0, 0.1) is 23.2 Å². The highest BCUT2D eigenvalue weighted by Gasteiger charge is 2.51. The Morgan fingerprint density at radius 2 is 1.66 bits per heavy atom. The lowest BCUT2D eigenvalue weighted by molar-refractivity contribution is -0.137. The zero-order valence-electron chi connectivity index (χ0n) is 20.7. The van der Waals surface area contributed by atoms with Gasteiger partial charge in [-0.15, -0.1) is 0 Å². The van der Waals surface area contributed by atoms with Gasteiger partial charge in [0.05, 0.1) is 23.0 Å². The van der Waals surface area contributed by atoms with Crippen molar-refractivity contribution < 1.29 is 23.1 Å². The maximum Gasteiger partial charge on any atom is 0.416 e. The van der Waals surface area contributed by atoms with E-state index < -0.39 is 23.2 Å². The summed E-state index contributed by atoms with van der Waals surface area (Å²) in [6, 6.07) is 10.7. The van der Waals surface area contributed by atoms with E-state index in [0.717, 1.165) is 53.7 Å². The molecule has 6 nitrogen and oxygen atoms in total. The van der Waals surface area contributed by atoms with Gasteiger partial charge in [-0.2, -0.15) is 18.3 Å². The van der Waals surface area contributed by atoms with Crippen LogP contribution < -0.4 is 11.0 Å². The van der Waals surface area contributed by atoms with E-state index in [2.05, 4.69) is 10.5 Å². The van der Waals surface area contributed by atoms with Gasteiger partial charge in [0.1, 0.15) is 0 Å². The summed E-state index contributed by atoms with van der Waals surface area (Å²) < 4.78 is 40.8. The number of aromatic hydroxyl groups is 1. The number of benzene rings is 2. The first kappa shape index (κ1) is 24.7. The minimum Gasteiger partial charge on any atom is -0.494 e. The van der Waals surface area contributed by atoms with Gasteiger partial charge >= 0.3 is 6.18 Å². The zero-order chi connectivity index (χ0) is 26.7. The molecule has 0 unspecified atom stereocenters. The lowest BCUT2D eigenvalue weighted by Crippen LogP contribution is -2.47. The first-order chi connectivity index (χ1) is 18.1. The summed E-state index contributed by atoms with van der Waals surface area (Å²) in [6.45, 7) is 0. The average Bonchev–Trinajstić information content (AvgIpc) is 2.85. The number of halogens is 3. The van der Waals surface area contributed by atoms with Crippen molar-refractivity contribution in [3.8, 4) is 11.6 Å². The summed E-state index contributed by atoms with van der Waals surface area (Å²) in [4.78, 5) is 26.1. The van der Waals surface area contributed by atoms with Crippen molar-refractivity contribution in [3.63, 3.8) is 0 Å². The number of nitrogens with zero attached hydrogens (tertiary/aromatic N) is 2. The normalized spacial score (nSPS) is 26.3. The Hall–Kier alpha value is -3.62. The molecule has 0 saturated heterocycles. The molecule has 0 atom stereocenters. The molecule has 1 aromatic heterocycles. The number of hydrazone groups is 1. The van der Waals surface area contributed by atoms with Crippen molar-refractivity contribution in [2.24, 2.45) is 28.3 Å². The first-order valence-electron chi connectivity index (χ1n) is 13.0. The Kier molecular flexibility index (Phi) is 5.85. The summed E-state index contributed by atoms with van der Waals surface area (Å²) >= 11 is 0. The van der Waals surface area contributed by atoms with Crippen LogP contribution >= 0.6 is 0 Å². The monoisotopic (exact) mass is 523 g/mol. The third-order valence-electron chi connectivity index (χ3n) is 8.62. The number of carbonyl (C=O) groups is 1. The van der Waals surface area contributed by atoms with Crippen LogP contribution in [-0.4, -0.2) is 21.8 Å². The first-order valence-corrected chi connectivity index (χ1v) is 13.0. The fourth-order valence-corrected chi connectivity index (χ4v) is 7.61. The summed E-state index contributed by atoms with van der Waals surface area (Å²) in [5.41, 5.74) is 1.00. The van der Waals surface area contributed by atoms with E-state index in [9.17, 15) is 27.9 Å². The number of amides is 1. The number of carbonyl (C=O) groups excluding carboxylic acids is 1. The lowest BCUT2D eigenvalue weighted by atomic mass is 9.49. The summed E-state index contributed by atoms with van der Waals surface area (Å²) in [6.07, 6.45) is 4.16. The van der Waals surface area contributed by atoms with Crippen LogP contribution in [-0.2, 0) is 11.0 Å². The summed E-state index contributed by atoms with van der Waals surface area (Å²) in [7, 11) is 0. The highest BCUT2D eigenvalue weighted by Crippen LogP contribution is 2.61. The SMILES string of the molecule is O=C(CC12CC3CC(CC(C3)C1)C2)NN=Cc1c(O)n(-c2cccc(C(F)(F)F)c2)c(=O)c2ccccc12. The Balaban J connectivity index is 1.30. The summed E-state index contributed by atoms with van der Waals surface area (Å²) in [5, 5.41) is 15.7. The van der Waals surface area contributed by atoms with Crippen molar-refractivity contribution in [1.82, 2.24) is 9.99 Å². The average molecular weight is 524 g/mol. The second-order valence-electron chi connectivity index (χ2n) is 11.4. The third-order valence-corrected chi connectivity index (χ3v) is 8.62. The largest absolute Gasteiger partial charge is 0.494 e. The lowest BCUT2D eigenvalue weighted by Gasteiger charge is -2.56. The molecule has 2 N–H and O–H groups in total. The minimum absolute atomic E-state index is 0.0416. The fourth-order valence-electron chi connectivity index (χ4n) is 7.61. The van der Waals surface area contributed by atoms with Gasteiger partial charge in [-0.25, -0.2) is 9.99 Å². The van der Waals surface area contributed by atoms with E-state index >= 15 is 0 Å². The van der Waals surface area contributed by atoms with E-state index in [1.807, 2.05) is 0 Å². The van der Waals surface area contributed by atoms with Gasteiger partial charge in [0.15, 0.2) is 0 Å². The molecule has 9 heteroatoms. The Labute approximate surface area is 217 Å². The number of hydrogen-bond acceptors (Lipinski definition) is 4. The minimum atomic E-state index is -4.61. The standard InChI is InChI=1S/C29H28F3N3O3/c30-29(31,32)20-4-3-5-21(11-20)35-26(37)23-7-2-1-6-22(23)24(27(35)38)16-33-34-25(36)15-28-12-17-8-18(13-28)10-19(9-17)14-28/h1-7,11,16-19,38H,8-10,12-15H2,(H,34,36). The third kappa shape index (κ3) is 4.37. The van der Waals surface area contributed by atoms with E-state index in [1.54, 1.807) is 18.2 Å². The quantitative estimate of drug-likeness (QED) is 0.329. The van der Waals surface area contributed by atoms with Crippen molar-refractivity contribution in [2.75, 3.05) is 0 Å². The van der Waals surface area contributed by atoms with E-state index in [1.165, 1.54) is 43.7 Å². The van der Waals surface area contributed by atoms with Gasteiger partial charge in [0, 0.05) is 17.2 Å². The predicted octanol–water partition coefficient (Wildman–Crippen LogP) is 5.77. The molecule has 4 bridgehead atoms. The molecule has 0 spiro atoms. The Morgan fingerprint density at radius 1 is 1.03 bits per heavy atom. The van der Waals surface area contributed by atoms with E-state index in [0.29, 0.717) is 11.8 Å². The Bertz CT molecular complexity index is 1470. The number of hydrogen-bond donors (Lipinski definition) is 2. The molecular weight excluding hydrogens is 495 g/mol. The molecule has 2 aromatic carbocycles. The van der Waals surface area contributed by atoms with Gasteiger partial charge < -0.3 is 5.11 Å². The van der Waals surface area contributed by atoms with Gasteiger partial charge in [-0.3, -0.25) is 9.59 Å². The molecule has 0 aliphatic heterocycles. The number of aromatic nitrogens is 1. The number of fused-ring (bicyclic) bond motifs is 1. The van der Waals surface area contributed by atoms with Crippen molar-refractivity contribution >= 4 is 22.9 Å². The second-order valence-corrected chi connectivity index (χ2v) is 11.4. The molecule has 4 aliphatic rings. The van der Waals surface area contributed by atoms with Crippen LogP contribution in [0.15, 0.2) is 58.4 Å². The van der Waals surface area contributed by atoms with Crippen LogP contribution in [0.2, 0.25) is 0 Å². The van der Waals surface area contributed by atoms with Crippen LogP contribution in [0.4, 0.5) is 13.2 Å². The number of pyridine rings is 1. The zero-order valence-corrected chi connectivity index (χ0v) is 20.7. The highest BCUT2D eigenvalue weighted by molar-refractivity contribution is 6.02. The molecular formula is C29H28F3N3O3. The van der Waals surface area contributed by atoms with Gasteiger partial charge in [-0.1, -0.05) is 24.3 Å².